The molecule has 3 rings (SSSR count). The Morgan fingerprint density at radius 1 is 0.970 bits per heavy atom. The Bertz CT molecular complexity index is 975. The predicted molar refractivity (Wildman–Crippen MR) is 125 cm³/mol. The normalized spacial score (nSPS) is 14.4. The van der Waals surface area contributed by atoms with Crippen LogP contribution in [0.15, 0.2) is 48.5 Å². The number of fused-ring (bicyclic) bond motifs is 3. The van der Waals surface area contributed by atoms with Crippen molar-refractivity contribution in [2.24, 2.45) is 5.92 Å². The summed E-state index contributed by atoms with van der Waals surface area (Å²) in [5, 5.41) is 14.5. The van der Waals surface area contributed by atoms with Crippen molar-refractivity contribution in [3.8, 4) is 11.1 Å². The Balaban J connectivity index is 1.65. The second kappa shape index (κ2) is 10.5. The molecule has 2 aromatic carbocycles. The number of benzene rings is 2. The number of ether oxygens (including phenoxy) is 1. The van der Waals surface area contributed by atoms with Gasteiger partial charge in [0.1, 0.15) is 18.7 Å². The van der Waals surface area contributed by atoms with E-state index in [-0.39, 0.29) is 25.0 Å². The standard InChI is InChI=1S/C25H31N3O5/c1-15(2)22(23(29)26-21(24(30)31)13-28(3)4)27-25(32)33-14-20-18-11-7-5-9-16(18)17-10-6-8-12-19(17)20/h5-12,15,20-22H,13-14H2,1-4H3,(H,26,29)(H,27,32)(H,30,31). The monoisotopic (exact) mass is 453 g/mol. The topological polar surface area (TPSA) is 108 Å². The van der Waals surface area contributed by atoms with Gasteiger partial charge in [-0.3, -0.25) is 4.79 Å². The SMILES string of the molecule is CC(C)C(NC(=O)OCC1c2ccccc2-c2ccccc21)C(=O)NC(CN(C)C)C(=O)O. The molecular formula is C25H31N3O5. The van der Waals surface area contributed by atoms with Crippen molar-refractivity contribution in [2.75, 3.05) is 27.2 Å². The smallest absolute Gasteiger partial charge is 0.407 e. The minimum Gasteiger partial charge on any atom is -0.480 e. The molecule has 0 saturated carbocycles. The van der Waals surface area contributed by atoms with Crippen molar-refractivity contribution in [3.05, 3.63) is 59.7 Å². The van der Waals surface area contributed by atoms with Gasteiger partial charge in [0.25, 0.3) is 0 Å². The van der Waals surface area contributed by atoms with E-state index in [0.717, 1.165) is 22.3 Å². The number of amides is 2. The molecule has 0 spiro atoms. The molecule has 8 heteroatoms. The molecule has 0 saturated heterocycles. The van der Waals surface area contributed by atoms with Gasteiger partial charge in [0.2, 0.25) is 5.91 Å². The second-order valence-electron chi connectivity index (χ2n) is 8.85. The van der Waals surface area contributed by atoms with E-state index in [0.29, 0.717) is 0 Å². The molecular weight excluding hydrogens is 422 g/mol. The van der Waals surface area contributed by atoms with E-state index < -0.39 is 30.1 Å². The van der Waals surface area contributed by atoms with Crippen LogP contribution in [0, 0.1) is 5.92 Å². The van der Waals surface area contributed by atoms with Crippen LogP contribution in [0.1, 0.15) is 30.9 Å². The molecule has 3 N–H and O–H groups in total. The molecule has 0 fully saturated rings. The number of carbonyl (C=O) groups excluding carboxylic acids is 2. The molecule has 2 aromatic rings. The number of hydrogen-bond donors (Lipinski definition) is 3. The average Bonchev–Trinajstić information content (AvgIpc) is 3.08. The lowest BCUT2D eigenvalue weighted by atomic mass is 9.98. The van der Waals surface area contributed by atoms with Gasteiger partial charge in [0.05, 0.1) is 0 Å². The zero-order chi connectivity index (χ0) is 24.1. The number of hydrogen-bond acceptors (Lipinski definition) is 5. The van der Waals surface area contributed by atoms with E-state index in [2.05, 4.69) is 22.8 Å². The van der Waals surface area contributed by atoms with Crippen LogP contribution in [0.2, 0.25) is 0 Å². The molecule has 2 amide bonds. The maximum atomic E-state index is 12.7. The molecule has 1 aliphatic carbocycles. The highest BCUT2D eigenvalue weighted by atomic mass is 16.5. The fourth-order valence-electron chi connectivity index (χ4n) is 4.11. The van der Waals surface area contributed by atoms with E-state index in [1.807, 2.05) is 36.4 Å². The fraction of sp³-hybridized carbons (Fsp3) is 0.400. The first-order chi connectivity index (χ1) is 15.7. The number of nitrogens with one attached hydrogen (secondary N) is 2. The van der Waals surface area contributed by atoms with Gasteiger partial charge in [-0.05, 0) is 42.3 Å². The van der Waals surface area contributed by atoms with Gasteiger partial charge < -0.3 is 25.4 Å². The van der Waals surface area contributed by atoms with Crippen molar-refractivity contribution >= 4 is 18.0 Å². The summed E-state index contributed by atoms with van der Waals surface area (Å²) in [4.78, 5) is 38.5. The van der Waals surface area contributed by atoms with E-state index in [9.17, 15) is 19.5 Å². The molecule has 8 nitrogen and oxygen atoms in total. The molecule has 0 aromatic heterocycles. The van der Waals surface area contributed by atoms with Crippen LogP contribution in [0.25, 0.3) is 11.1 Å². The lowest BCUT2D eigenvalue weighted by Crippen LogP contribution is -2.55. The number of aliphatic carboxylic acids is 1. The molecule has 176 valence electrons. The first kappa shape index (κ1) is 24.3. The van der Waals surface area contributed by atoms with E-state index in [1.54, 1.807) is 32.8 Å². The molecule has 0 radical (unpaired) electrons. The summed E-state index contributed by atoms with van der Waals surface area (Å²) < 4.78 is 5.53. The second-order valence-corrected chi connectivity index (χ2v) is 8.85. The van der Waals surface area contributed by atoms with E-state index >= 15 is 0 Å². The molecule has 1 aliphatic rings. The zero-order valence-corrected chi connectivity index (χ0v) is 19.4. The fourth-order valence-corrected chi connectivity index (χ4v) is 4.11. The van der Waals surface area contributed by atoms with Crippen LogP contribution in [-0.4, -0.2) is 67.3 Å². The number of alkyl carbamates (subject to hydrolysis) is 1. The van der Waals surface area contributed by atoms with Crippen molar-refractivity contribution in [1.82, 2.24) is 15.5 Å². The van der Waals surface area contributed by atoms with Crippen LogP contribution in [0.5, 0.6) is 0 Å². The number of nitrogens with zero attached hydrogens (tertiary/aromatic N) is 1. The molecule has 2 atom stereocenters. The quantitative estimate of drug-likeness (QED) is 0.539. The zero-order valence-electron chi connectivity index (χ0n) is 19.4. The Labute approximate surface area is 193 Å². The summed E-state index contributed by atoms with van der Waals surface area (Å²) in [6, 6.07) is 14.1. The van der Waals surface area contributed by atoms with Crippen LogP contribution < -0.4 is 10.6 Å². The number of likely N-dealkylation sites (N-methyl/N-ethyl adjacent to an activating group) is 1. The van der Waals surface area contributed by atoms with Crippen molar-refractivity contribution < 1.29 is 24.2 Å². The summed E-state index contributed by atoms with van der Waals surface area (Å²) >= 11 is 0. The predicted octanol–water partition coefficient (Wildman–Crippen LogP) is 2.68. The lowest BCUT2D eigenvalue weighted by Gasteiger charge is -2.25. The summed E-state index contributed by atoms with van der Waals surface area (Å²) in [5.41, 5.74) is 4.44. The number of carbonyl (C=O) groups is 3. The highest BCUT2D eigenvalue weighted by Crippen LogP contribution is 2.44. The van der Waals surface area contributed by atoms with Gasteiger partial charge in [0.15, 0.2) is 0 Å². The van der Waals surface area contributed by atoms with E-state index in [1.165, 1.54) is 0 Å². The minimum atomic E-state index is -1.14. The van der Waals surface area contributed by atoms with Crippen LogP contribution in [0.4, 0.5) is 4.79 Å². The molecule has 0 aliphatic heterocycles. The summed E-state index contributed by atoms with van der Waals surface area (Å²) in [5.74, 6) is -2.06. The molecule has 0 bridgehead atoms. The highest BCUT2D eigenvalue weighted by molar-refractivity contribution is 5.89. The maximum Gasteiger partial charge on any atom is 0.407 e. The highest BCUT2D eigenvalue weighted by Gasteiger charge is 2.31. The average molecular weight is 454 g/mol. The largest absolute Gasteiger partial charge is 0.480 e. The third-order valence-electron chi connectivity index (χ3n) is 5.73. The number of rotatable bonds is 9. The Morgan fingerprint density at radius 3 is 2.00 bits per heavy atom. The summed E-state index contributed by atoms with van der Waals surface area (Å²) in [7, 11) is 3.44. The lowest BCUT2D eigenvalue weighted by molar-refractivity contribution is -0.142. The van der Waals surface area contributed by atoms with Crippen molar-refractivity contribution in [2.45, 2.75) is 31.8 Å². The Hall–Kier alpha value is -3.39. The van der Waals surface area contributed by atoms with Gasteiger partial charge in [-0.1, -0.05) is 62.4 Å². The minimum absolute atomic E-state index is 0.0917. The van der Waals surface area contributed by atoms with Gasteiger partial charge in [-0.25, -0.2) is 9.59 Å². The van der Waals surface area contributed by atoms with Gasteiger partial charge in [-0.15, -0.1) is 0 Å². The van der Waals surface area contributed by atoms with Crippen LogP contribution in [-0.2, 0) is 14.3 Å². The molecule has 0 heterocycles. The number of carboxylic acid groups (broad SMARTS) is 1. The third-order valence-corrected chi connectivity index (χ3v) is 5.73. The van der Waals surface area contributed by atoms with Gasteiger partial charge >= 0.3 is 12.1 Å². The van der Waals surface area contributed by atoms with Crippen LogP contribution >= 0.6 is 0 Å². The molecule has 2 unspecified atom stereocenters. The van der Waals surface area contributed by atoms with Crippen LogP contribution in [0.3, 0.4) is 0 Å². The van der Waals surface area contributed by atoms with Crippen molar-refractivity contribution in [1.29, 1.82) is 0 Å². The Morgan fingerprint density at radius 2 is 1.52 bits per heavy atom. The van der Waals surface area contributed by atoms with Crippen molar-refractivity contribution in [3.63, 3.8) is 0 Å². The summed E-state index contributed by atoms with van der Waals surface area (Å²) in [6.45, 7) is 3.81. The molecule has 33 heavy (non-hydrogen) atoms. The van der Waals surface area contributed by atoms with Gasteiger partial charge in [-0.2, -0.15) is 0 Å². The van der Waals surface area contributed by atoms with Gasteiger partial charge in [0, 0.05) is 12.5 Å². The number of carboxylic acids is 1. The maximum absolute atomic E-state index is 12.7. The Kier molecular flexibility index (Phi) is 7.71. The first-order valence-corrected chi connectivity index (χ1v) is 11.0. The third kappa shape index (κ3) is 5.70. The summed E-state index contributed by atoms with van der Waals surface area (Å²) in [6.07, 6.45) is -0.717. The first-order valence-electron chi connectivity index (χ1n) is 11.0. The van der Waals surface area contributed by atoms with E-state index in [4.69, 9.17) is 4.74 Å².